The van der Waals surface area contributed by atoms with Crippen LogP contribution in [0.15, 0.2) is 18.2 Å². The van der Waals surface area contributed by atoms with Crippen LogP contribution in [0.3, 0.4) is 0 Å². The van der Waals surface area contributed by atoms with Gasteiger partial charge >= 0.3 is 6.18 Å². The van der Waals surface area contributed by atoms with Gasteiger partial charge < -0.3 is 10.2 Å². The number of halogens is 4. The average molecular weight is 304 g/mol. The molecule has 1 N–H and O–H groups in total. The molecule has 4 nitrogen and oxygen atoms in total. The molecule has 1 aliphatic heterocycles. The molecule has 114 valence electrons. The number of nitrogens with zero attached hydrogens (tertiary/aromatic N) is 1. The number of amides is 2. The van der Waals surface area contributed by atoms with Crippen LogP contribution in [0.2, 0.25) is 0 Å². The topological polar surface area (TPSA) is 49.4 Å². The van der Waals surface area contributed by atoms with Crippen LogP contribution in [0.25, 0.3) is 0 Å². The molecule has 0 aliphatic carbocycles. The second-order valence-corrected chi connectivity index (χ2v) is 4.62. The molecule has 0 aromatic heterocycles. The molecule has 2 amide bonds. The molecular weight excluding hydrogens is 292 g/mol. The number of hydrogen-bond donors (Lipinski definition) is 1. The lowest BCUT2D eigenvalue weighted by atomic mass is 10.1. The van der Waals surface area contributed by atoms with Crippen LogP contribution >= 0.6 is 0 Å². The highest BCUT2D eigenvalue weighted by atomic mass is 19.4. The Kier molecular flexibility index (Phi) is 4.15. The first-order valence-electron chi connectivity index (χ1n) is 6.22. The van der Waals surface area contributed by atoms with Gasteiger partial charge in [0.25, 0.3) is 5.91 Å². The van der Waals surface area contributed by atoms with Crippen LogP contribution in [0.1, 0.15) is 22.3 Å². The van der Waals surface area contributed by atoms with Crippen molar-refractivity contribution in [1.82, 2.24) is 10.2 Å². The Balaban J connectivity index is 2.29. The van der Waals surface area contributed by atoms with Crippen molar-refractivity contribution < 1.29 is 27.2 Å². The molecule has 8 heteroatoms. The lowest BCUT2D eigenvalue weighted by Crippen LogP contribution is -2.37. The quantitative estimate of drug-likeness (QED) is 0.804. The van der Waals surface area contributed by atoms with Crippen molar-refractivity contribution in [1.29, 1.82) is 0 Å². The first kappa shape index (κ1) is 15.3. The summed E-state index contributed by atoms with van der Waals surface area (Å²) in [4.78, 5) is 24.7. The second kappa shape index (κ2) is 5.71. The Bertz CT molecular complexity index is 572. The molecule has 2 rings (SSSR count). The van der Waals surface area contributed by atoms with E-state index in [0.29, 0.717) is 25.1 Å². The van der Waals surface area contributed by atoms with Crippen LogP contribution in [0.5, 0.6) is 0 Å². The summed E-state index contributed by atoms with van der Waals surface area (Å²) < 4.78 is 51.1. The van der Waals surface area contributed by atoms with Gasteiger partial charge in [0.05, 0.1) is 12.1 Å². The second-order valence-electron chi connectivity index (χ2n) is 4.62. The van der Waals surface area contributed by atoms with Crippen molar-refractivity contribution in [3.63, 3.8) is 0 Å². The van der Waals surface area contributed by atoms with E-state index in [1.165, 1.54) is 0 Å². The minimum atomic E-state index is -4.88. The summed E-state index contributed by atoms with van der Waals surface area (Å²) in [6.07, 6.45) is -4.37. The normalized spacial score (nSPS) is 16.4. The number of hydrogen-bond acceptors (Lipinski definition) is 2. The molecule has 0 saturated carbocycles. The van der Waals surface area contributed by atoms with E-state index in [4.69, 9.17) is 0 Å². The Labute approximate surface area is 117 Å². The van der Waals surface area contributed by atoms with Crippen LogP contribution in [0.4, 0.5) is 17.6 Å². The molecule has 1 aromatic carbocycles. The van der Waals surface area contributed by atoms with Crippen molar-refractivity contribution >= 4 is 11.8 Å². The minimum Gasteiger partial charge on any atom is -0.354 e. The average Bonchev–Trinajstić information content (AvgIpc) is 2.62. The Morgan fingerprint density at radius 2 is 2.00 bits per heavy atom. The fourth-order valence-electron chi connectivity index (χ4n) is 2.04. The Morgan fingerprint density at radius 3 is 2.67 bits per heavy atom. The predicted octanol–water partition coefficient (Wildman–Crippen LogP) is 1.81. The van der Waals surface area contributed by atoms with E-state index in [2.05, 4.69) is 5.32 Å². The third kappa shape index (κ3) is 3.50. The highest BCUT2D eigenvalue weighted by Crippen LogP contribution is 2.32. The molecular formula is C13H12F4N2O2. The molecule has 0 spiro atoms. The number of carbonyl (C=O) groups excluding carboxylic acids is 2. The minimum absolute atomic E-state index is 0.225. The Hall–Kier alpha value is -2.12. The van der Waals surface area contributed by atoms with Crippen LogP contribution in [0, 0.1) is 5.82 Å². The largest absolute Gasteiger partial charge is 0.419 e. The molecule has 0 bridgehead atoms. The van der Waals surface area contributed by atoms with E-state index in [9.17, 15) is 27.2 Å². The summed E-state index contributed by atoms with van der Waals surface area (Å²) in [7, 11) is 0. The number of benzene rings is 1. The number of carbonyl (C=O) groups is 2. The van der Waals surface area contributed by atoms with Crippen molar-refractivity contribution in [2.45, 2.75) is 12.6 Å². The van der Waals surface area contributed by atoms with Crippen LogP contribution in [-0.4, -0.2) is 36.3 Å². The summed E-state index contributed by atoms with van der Waals surface area (Å²) >= 11 is 0. The highest BCUT2D eigenvalue weighted by molar-refractivity contribution is 5.96. The summed E-state index contributed by atoms with van der Waals surface area (Å²) in [6, 6.07) is 2.06. The van der Waals surface area contributed by atoms with E-state index < -0.39 is 23.5 Å². The predicted molar refractivity (Wildman–Crippen MR) is 64.9 cm³/mol. The zero-order valence-corrected chi connectivity index (χ0v) is 10.8. The highest BCUT2D eigenvalue weighted by Gasteiger charge is 2.35. The van der Waals surface area contributed by atoms with Gasteiger partial charge in [-0.05, 0) is 24.6 Å². The van der Waals surface area contributed by atoms with Gasteiger partial charge in [0, 0.05) is 18.7 Å². The summed E-state index contributed by atoms with van der Waals surface area (Å²) in [5, 5.41) is 2.55. The van der Waals surface area contributed by atoms with Crippen molar-refractivity contribution in [2.75, 3.05) is 19.6 Å². The maximum absolute atomic E-state index is 13.2. The first-order valence-corrected chi connectivity index (χ1v) is 6.22. The van der Waals surface area contributed by atoms with Crippen LogP contribution in [-0.2, 0) is 11.0 Å². The smallest absolute Gasteiger partial charge is 0.354 e. The number of rotatable bonds is 1. The van der Waals surface area contributed by atoms with E-state index >= 15 is 0 Å². The summed E-state index contributed by atoms with van der Waals surface area (Å²) in [5.74, 6) is -2.54. The zero-order valence-electron chi connectivity index (χ0n) is 10.8. The van der Waals surface area contributed by atoms with Crippen molar-refractivity contribution in [2.24, 2.45) is 0 Å². The van der Waals surface area contributed by atoms with Gasteiger partial charge in [0.1, 0.15) is 5.82 Å². The van der Waals surface area contributed by atoms with Gasteiger partial charge in [-0.1, -0.05) is 0 Å². The molecule has 0 radical (unpaired) electrons. The van der Waals surface area contributed by atoms with E-state index in [-0.39, 0.29) is 24.6 Å². The van der Waals surface area contributed by atoms with Crippen LogP contribution < -0.4 is 5.32 Å². The first-order chi connectivity index (χ1) is 9.79. The van der Waals surface area contributed by atoms with E-state index in [1.807, 2.05) is 0 Å². The van der Waals surface area contributed by atoms with Crippen molar-refractivity contribution in [3.8, 4) is 0 Å². The number of alkyl halides is 3. The van der Waals surface area contributed by atoms with Gasteiger partial charge in [0.15, 0.2) is 0 Å². The van der Waals surface area contributed by atoms with Gasteiger partial charge in [-0.2, -0.15) is 13.2 Å². The molecule has 1 aliphatic rings. The summed E-state index contributed by atoms with van der Waals surface area (Å²) in [5.41, 5.74) is -1.79. The molecule has 0 atom stereocenters. The third-order valence-corrected chi connectivity index (χ3v) is 3.07. The molecule has 1 aromatic rings. The van der Waals surface area contributed by atoms with Gasteiger partial charge in [0.2, 0.25) is 5.91 Å². The monoisotopic (exact) mass is 304 g/mol. The SMILES string of the molecule is O=C1CN(C(=O)c2ccc(F)c(C(F)(F)F)c2)CCCN1. The van der Waals surface area contributed by atoms with E-state index in [1.54, 1.807) is 0 Å². The Morgan fingerprint density at radius 1 is 1.29 bits per heavy atom. The molecule has 0 unspecified atom stereocenters. The maximum Gasteiger partial charge on any atom is 0.419 e. The van der Waals surface area contributed by atoms with Gasteiger partial charge in [-0.15, -0.1) is 0 Å². The van der Waals surface area contributed by atoms with Gasteiger partial charge in [-0.25, -0.2) is 4.39 Å². The lowest BCUT2D eigenvalue weighted by molar-refractivity contribution is -0.140. The molecule has 1 saturated heterocycles. The molecule has 1 fully saturated rings. The van der Waals surface area contributed by atoms with Crippen molar-refractivity contribution in [3.05, 3.63) is 35.1 Å². The number of nitrogens with one attached hydrogen (secondary N) is 1. The standard InChI is InChI=1S/C13H12F4N2O2/c14-10-3-2-8(6-9(10)13(15,16)17)12(21)19-5-1-4-18-11(20)7-19/h2-3,6H,1,4-5,7H2,(H,18,20). The molecule has 1 heterocycles. The van der Waals surface area contributed by atoms with E-state index in [0.717, 1.165) is 11.0 Å². The molecule has 21 heavy (non-hydrogen) atoms. The summed E-state index contributed by atoms with van der Waals surface area (Å²) in [6.45, 7) is 0.424. The third-order valence-electron chi connectivity index (χ3n) is 3.07. The zero-order chi connectivity index (χ0) is 15.6. The fourth-order valence-corrected chi connectivity index (χ4v) is 2.04. The lowest BCUT2D eigenvalue weighted by Gasteiger charge is -2.19. The maximum atomic E-state index is 13.2. The van der Waals surface area contributed by atoms with Gasteiger partial charge in [-0.3, -0.25) is 9.59 Å². The fraction of sp³-hybridized carbons (Fsp3) is 0.385.